The summed E-state index contributed by atoms with van der Waals surface area (Å²) in [4.78, 5) is 50.7. The Morgan fingerprint density at radius 2 is 1.84 bits per heavy atom. The van der Waals surface area contributed by atoms with Crippen LogP contribution in [0.2, 0.25) is 0 Å². The molecule has 1 unspecified atom stereocenters. The fourth-order valence-electron chi connectivity index (χ4n) is 2.39. The van der Waals surface area contributed by atoms with Crippen LogP contribution in [0.4, 0.5) is 5.82 Å². The molecule has 1 aromatic heterocycles. The lowest BCUT2D eigenvalue weighted by Gasteiger charge is -2.18. The molecular weight excluding hydrogens is 422 g/mol. The summed E-state index contributed by atoms with van der Waals surface area (Å²) in [5.74, 6) is -1.35. The number of nitrogens with zero attached hydrogens (tertiary/aromatic N) is 2. The summed E-state index contributed by atoms with van der Waals surface area (Å²) in [6, 6.07) is 9.95. The van der Waals surface area contributed by atoms with Gasteiger partial charge in [0.25, 0.3) is 5.91 Å². The molecule has 1 N–H and O–H groups in total. The van der Waals surface area contributed by atoms with E-state index in [4.69, 9.17) is 18.9 Å². The van der Waals surface area contributed by atoms with Crippen LogP contribution in [0.5, 0.6) is 0 Å². The molecule has 0 spiro atoms. The predicted octanol–water partition coefficient (Wildman–Crippen LogP) is 0.981. The topological polar surface area (TPSA) is 135 Å². The third-order valence-electron chi connectivity index (χ3n) is 3.90. The van der Waals surface area contributed by atoms with E-state index >= 15 is 0 Å². The van der Waals surface area contributed by atoms with Crippen LogP contribution in [0, 0.1) is 0 Å². The quantitative estimate of drug-likeness (QED) is 0.472. The zero-order chi connectivity index (χ0) is 23.3. The molecule has 32 heavy (non-hydrogen) atoms. The van der Waals surface area contributed by atoms with Crippen molar-refractivity contribution in [3.05, 3.63) is 58.6 Å². The molecule has 2 aromatic rings. The molecule has 0 saturated heterocycles. The molecule has 0 aliphatic rings. The van der Waals surface area contributed by atoms with Crippen molar-refractivity contribution >= 4 is 23.7 Å². The van der Waals surface area contributed by atoms with Gasteiger partial charge < -0.3 is 24.3 Å². The summed E-state index contributed by atoms with van der Waals surface area (Å²) in [6.07, 6.45) is 0.663. The predicted molar refractivity (Wildman–Crippen MR) is 112 cm³/mol. The molecule has 2 rings (SSSR count). The molecule has 0 radical (unpaired) electrons. The molecule has 1 aromatic carbocycles. The van der Waals surface area contributed by atoms with Gasteiger partial charge in [-0.05, 0) is 25.1 Å². The fourth-order valence-corrected chi connectivity index (χ4v) is 2.39. The zero-order valence-corrected chi connectivity index (χ0v) is 17.8. The number of benzene rings is 1. The number of carbonyl (C=O) groups is 3. The van der Waals surface area contributed by atoms with Gasteiger partial charge in [0.1, 0.15) is 31.9 Å². The first-order valence-electron chi connectivity index (χ1n) is 9.81. The minimum Gasteiger partial charge on any atom is -0.464 e. The Balaban J connectivity index is 1.93. The summed E-state index contributed by atoms with van der Waals surface area (Å²) in [5, 5.41) is 2.55. The molecule has 11 nitrogen and oxygen atoms in total. The number of hydrogen-bond acceptors (Lipinski definition) is 9. The number of rotatable bonds is 12. The van der Waals surface area contributed by atoms with Crippen molar-refractivity contribution in [2.75, 3.05) is 31.7 Å². The first-order chi connectivity index (χ1) is 15.4. The Kier molecular flexibility index (Phi) is 10.0. The highest BCUT2D eigenvalue weighted by Gasteiger charge is 2.15. The highest BCUT2D eigenvalue weighted by molar-refractivity contribution is 6.03. The van der Waals surface area contributed by atoms with Gasteiger partial charge in [-0.25, -0.2) is 9.59 Å². The monoisotopic (exact) mass is 447 g/mol. The van der Waals surface area contributed by atoms with Crippen molar-refractivity contribution in [3.63, 3.8) is 0 Å². The number of carbonyl (C=O) groups excluding carboxylic acids is 3. The van der Waals surface area contributed by atoms with Crippen molar-refractivity contribution < 1.29 is 33.3 Å². The third kappa shape index (κ3) is 8.66. The van der Waals surface area contributed by atoms with Crippen LogP contribution in [0.3, 0.4) is 0 Å². The van der Waals surface area contributed by atoms with E-state index in [2.05, 4.69) is 10.3 Å². The molecule has 11 heteroatoms. The van der Waals surface area contributed by atoms with Crippen LogP contribution in [0.15, 0.2) is 47.4 Å². The normalized spacial score (nSPS) is 11.4. The van der Waals surface area contributed by atoms with E-state index in [1.165, 1.54) is 19.2 Å². The minimum absolute atomic E-state index is 0.0700. The Hall–Kier alpha value is -3.57. The van der Waals surface area contributed by atoms with Gasteiger partial charge in [0.05, 0.1) is 13.2 Å². The highest BCUT2D eigenvalue weighted by atomic mass is 16.6. The highest BCUT2D eigenvalue weighted by Crippen LogP contribution is 2.05. The van der Waals surface area contributed by atoms with Crippen molar-refractivity contribution in [3.8, 4) is 0 Å². The standard InChI is InChI=1S/C21H25N3O8/c1-3-30-19(26)13-29-11-17(12-31-15(2)25)32-14-24-10-9-18(23-21(24)28)22-20(27)16-7-5-4-6-8-16/h4-10,17H,3,11-14H2,1-2H3,(H,22,23,27,28). The van der Waals surface area contributed by atoms with E-state index < -0.39 is 29.6 Å². The number of ether oxygens (including phenoxy) is 4. The van der Waals surface area contributed by atoms with Gasteiger partial charge in [0.2, 0.25) is 0 Å². The van der Waals surface area contributed by atoms with Gasteiger partial charge >= 0.3 is 17.6 Å². The summed E-state index contributed by atoms with van der Waals surface area (Å²) in [7, 11) is 0. The second kappa shape index (κ2) is 13.0. The Bertz CT molecular complexity index is 961. The van der Waals surface area contributed by atoms with E-state index in [1.807, 2.05) is 0 Å². The zero-order valence-electron chi connectivity index (χ0n) is 17.8. The number of nitrogens with one attached hydrogen (secondary N) is 1. The lowest BCUT2D eigenvalue weighted by molar-refractivity contribution is -0.156. The molecule has 1 amide bonds. The van der Waals surface area contributed by atoms with Crippen LogP contribution < -0.4 is 11.0 Å². The maximum Gasteiger partial charge on any atom is 0.351 e. The van der Waals surface area contributed by atoms with Gasteiger partial charge in [-0.3, -0.25) is 14.2 Å². The van der Waals surface area contributed by atoms with Crippen LogP contribution in [0.1, 0.15) is 24.2 Å². The number of hydrogen-bond donors (Lipinski definition) is 1. The lowest BCUT2D eigenvalue weighted by atomic mass is 10.2. The molecule has 0 fully saturated rings. The Labute approximate surface area is 184 Å². The molecule has 0 aliphatic heterocycles. The van der Waals surface area contributed by atoms with Crippen LogP contribution in [0.25, 0.3) is 0 Å². The summed E-state index contributed by atoms with van der Waals surface area (Å²) in [5.41, 5.74) is -0.229. The fraction of sp³-hybridized carbons (Fsp3) is 0.381. The molecule has 1 heterocycles. The van der Waals surface area contributed by atoms with Gasteiger partial charge in [0.15, 0.2) is 0 Å². The molecule has 1 atom stereocenters. The maximum absolute atomic E-state index is 12.3. The lowest BCUT2D eigenvalue weighted by Crippen LogP contribution is -2.32. The molecule has 0 saturated carbocycles. The average molecular weight is 447 g/mol. The first-order valence-corrected chi connectivity index (χ1v) is 9.81. The SMILES string of the molecule is CCOC(=O)COCC(COC(C)=O)OCn1ccc(NC(=O)c2ccccc2)nc1=O. The number of esters is 2. The van der Waals surface area contributed by atoms with Crippen molar-refractivity contribution in [2.45, 2.75) is 26.7 Å². The van der Waals surface area contributed by atoms with Gasteiger partial charge in [-0.1, -0.05) is 18.2 Å². The minimum atomic E-state index is -0.738. The van der Waals surface area contributed by atoms with Crippen molar-refractivity contribution in [2.24, 2.45) is 0 Å². The van der Waals surface area contributed by atoms with Gasteiger partial charge in [-0.2, -0.15) is 4.98 Å². The average Bonchev–Trinajstić information content (AvgIpc) is 2.77. The Morgan fingerprint density at radius 3 is 2.50 bits per heavy atom. The largest absolute Gasteiger partial charge is 0.464 e. The Morgan fingerprint density at radius 1 is 1.09 bits per heavy atom. The van der Waals surface area contributed by atoms with Crippen molar-refractivity contribution in [1.82, 2.24) is 9.55 Å². The van der Waals surface area contributed by atoms with Crippen LogP contribution in [-0.4, -0.2) is 59.9 Å². The van der Waals surface area contributed by atoms with E-state index in [1.54, 1.807) is 37.3 Å². The first kappa shape index (κ1) is 24.7. The smallest absolute Gasteiger partial charge is 0.351 e. The summed E-state index contributed by atoms with van der Waals surface area (Å²) < 4.78 is 21.6. The summed E-state index contributed by atoms with van der Waals surface area (Å²) >= 11 is 0. The van der Waals surface area contributed by atoms with E-state index in [0.29, 0.717) is 5.56 Å². The molecule has 172 valence electrons. The number of amides is 1. The van der Waals surface area contributed by atoms with Gasteiger partial charge in [0, 0.05) is 18.7 Å². The second-order valence-electron chi connectivity index (χ2n) is 6.43. The van der Waals surface area contributed by atoms with E-state index in [9.17, 15) is 19.2 Å². The van der Waals surface area contributed by atoms with E-state index in [-0.39, 0.29) is 39.0 Å². The van der Waals surface area contributed by atoms with Gasteiger partial charge in [-0.15, -0.1) is 0 Å². The van der Waals surface area contributed by atoms with Crippen molar-refractivity contribution in [1.29, 1.82) is 0 Å². The molecule has 0 bridgehead atoms. The molecular formula is C21H25N3O8. The maximum atomic E-state index is 12.3. The van der Waals surface area contributed by atoms with Crippen LogP contribution >= 0.6 is 0 Å². The summed E-state index contributed by atoms with van der Waals surface area (Å²) in [6.45, 7) is 2.44. The molecule has 0 aliphatic carbocycles. The number of anilines is 1. The third-order valence-corrected chi connectivity index (χ3v) is 3.90. The second-order valence-corrected chi connectivity index (χ2v) is 6.43. The van der Waals surface area contributed by atoms with E-state index in [0.717, 1.165) is 4.57 Å². The number of aromatic nitrogens is 2. The van der Waals surface area contributed by atoms with Crippen LogP contribution in [-0.2, 0) is 35.3 Å².